The molecule has 0 bridgehead atoms. The van der Waals surface area contributed by atoms with E-state index in [2.05, 4.69) is 5.10 Å². The summed E-state index contributed by atoms with van der Waals surface area (Å²) >= 11 is 5.83. The second-order valence-electron chi connectivity index (χ2n) is 5.93. The molecule has 3 rings (SSSR count). The van der Waals surface area contributed by atoms with Crippen molar-refractivity contribution >= 4 is 35.4 Å². The van der Waals surface area contributed by atoms with E-state index in [0.717, 1.165) is 4.68 Å². The highest BCUT2D eigenvalue weighted by molar-refractivity contribution is 6.30. The first kappa shape index (κ1) is 20.4. The Labute approximate surface area is 173 Å². The highest BCUT2D eigenvalue weighted by Gasteiger charge is 2.21. The number of carboxylic acids is 1. The van der Waals surface area contributed by atoms with Gasteiger partial charge in [0, 0.05) is 22.7 Å². The minimum Gasteiger partial charge on any atom is -0.476 e. The topological polar surface area (TPSA) is 139 Å². The van der Waals surface area contributed by atoms with Gasteiger partial charge in [-0.25, -0.2) is 4.79 Å². The summed E-state index contributed by atoms with van der Waals surface area (Å²) in [5, 5.41) is 34.1. The number of carbonyl (C=O) groups is 1. The van der Waals surface area contributed by atoms with Crippen LogP contribution >= 0.6 is 11.6 Å². The lowest BCUT2D eigenvalue weighted by molar-refractivity contribution is -0.384. The van der Waals surface area contributed by atoms with E-state index in [1.54, 1.807) is 6.07 Å². The normalized spacial score (nSPS) is 10.7. The number of nitriles is 1. The largest absolute Gasteiger partial charge is 0.476 e. The standard InChI is InChI=1S/C20H11ClN4O5/c21-13-4-8-14(9-5-13)24-19(26)17(11-22)16(18(23-24)20(27)28)10-3-12-1-6-15(7-2-12)25(29)30/h1-10H,(H,27,28)/b10-3-. The number of benzene rings is 2. The van der Waals surface area contributed by atoms with Crippen molar-refractivity contribution in [1.82, 2.24) is 9.78 Å². The average Bonchev–Trinajstić information content (AvgIpc) is 2.73. The Kier molecular flexibility index (Phi) is 5.71. The molecule has 2 aromatic carbocycles. The van der Waals surface area contributed by atoms with Gasteiger partial charge in [0.2, 0.25) is 0 Å². The van der Waals surface area contributed by atoms with Crippen molar-refractivity contribution in [2.24, 2.45) is 0 Å². The summed E-state index contributed by atoms with van der Waals surface area (Å²) in [6.07, 6.45) is 2.70. The maximum atomic E-state index is 12.8. The van der Waals surface area contributed by atoms with Crippen molar-refractivity contribution in [3.8, 4) is 11.8 Å². The number of nitro groups is 1. The van der Waals surface area contributed by atoms with Crippen molar-refractivity contribution in [3.05, 3.63) is 96.4 Å². The van der Waals surface area contributed by atoms with Crippen LogP contribution in [0, 0.1) is 21.4 Å². The molecule has 0 aliphatic heterocycles. The predicted molar refractivity (Wildman–Crippen MR) is 109 cm³/mol. The maximum absolute atomic E-state index is 12.8. The minimum absolute atomic E-state index is 0.108. The third-order valence-corrected chi connectivity index (χ3v) is 4.31. The first-order valence-electron chi connectivity index (χ1n) is 8.31. The van der Waals surface area contributed by atoms with E-state index in [1.165, 1.54) is 60.7 Å². The number of aromatic nitrogens is 2. The van der Waals surface area contributed by atoms with Gasteiger partial charge in [-0.15, -0.1) is 0 Å². The summed E-state index contributed by atoms with van der Waals surface area (Å²) in [5.74, 6) is -1.43. The number of non-ortho nitro benzene ring substituents is 1. The van der Waals surface area contributed by atoms with Crippen LogP contribution in [0.1, 0.15) is 27.2 Å². The van der Waals surface area contributed by atoms with Crippen LogP contribution in [0.25, 0.3) is 17.8 Å². The minimum atomic E-state index is -1.43. The number of nitro benzene ring substituents is 1. The number of halogens is 1. The zero-order valence-electron chi connectivity index (χ0n) is 15.0. The summed E-state index contributed by atoms with van der Waals surface area (Å²) in [6, 6.07) is 13.1. The summed E-state index contributed by atoms with van der Waals surface area (Å²) in [6.45, 7) is 0. The van der Waals surface area contributed by atoms with Crippen LogP contribution in [-0.2, 0) is 0 Å². The number of rotatable bonds is 5. The van der Waals surface area contributed by atoms with Crippen LogP contribution in [-0.4, -0.2) is 25.8 Å². The summed E-state index contributed by atoms with van der Waals surface area (Å²) in [5.41, 5.74) is -1.23. The monoisotopic (exact) mass is 422 g/mol. The number of hydrogen-bond donors (Lipinski definition) is 1. The summed E-state index contributed by atoms with van der Waals surface area (Å²) < 4.78 is 0.821. The molecule has 9 nitrogen and oxygen atoms in total. The van der Waals surface area contributed by atoms with Gasteiger partial charge in [0.15, 0.2) is 5.69 Å². The molecule has 1 N–H and O–H groups in total. The Morgan fingerprint density at radius 2 is 1.80 bits per heavy atom. The molecule has 30 heavy (non-hydrogen) atoms. The van der Waals surface area contributed by atoms with Crippen molar-refractivity contribution in [3.63, 3.8) is 0 Å². The highest BCUT2D eigenvalue weighted by Crippen LogP contribution is 2.18. The first-order chi connectivity index (χ1) is 14.3. The maximum Gasteiger partial charge on any atom is 0.357 e. The lowest BCUT2D eigenvalue weighted by Gasteiger charge is -2.09. The lowest BCUT2D eigenvalue weighted by Crippen LogP contribution is -2.28. The molecule has 1 heterocycles. The molecule has 148 valence electrons. The Morgan fingerprint density at radius 1 is 1.17 bits per heavy atom. The summed E-state index contributed by atoms with van der Waals surface area (Å²) in [4.78, 5) is 34.7. The molecule has 0 saturated carbocycles. The van der Waals surface area contributed by atoms with Gasteiger partial charge in [-0.3, -0.25) is 14.9 Å². The van der Waals surface area contributed by atoms with E-state index in [-0.39, 0.29) is 16.9 Å². The van der Waals surface area contributed by atoms with Crippen LogP contribution in [0.2, 0.25) is 5.02 Å². The van der Waals surface area contributed by atoms with Crippen molar-refractivity contribution < 1.29 is 14.8 Å². The van der Waals surface area contributed by atoms with Crippen LogP contribution in [0.5, 0.6) is 0 Å². The second kappa shape index (κ2) is 8.38. The summed E-state index contributed by atoms with van der Waals surface area (Å²) in [7, 11) is 0. The van der Waals surface area contributed by atoms with Gasteiger partial charge in [-0.05, 0) is 42.0 Å². The van der Waals surface area contributed by atoms with Crippen LogP contribution in [0.3, 0.4) is 0 Å². The third-order valence-electron chi connectivity index (χ3n) is 4.06. The number of hydrogen-bond acceptors (Lipinski definition) is 6. The highest BCUT2D eigenvalue weighted by atomic mass is 35.5. The van der Waals surface area contributed by atoms with Gasteiger partial charge in [0.05, 0.1) is 10.6 Å². The predicted octanol–water partition coefficient (Wildman–Crippen LogP) is 3.53. The van der Waals surface area contributed by atoms with Crippen LogP contribution in [0.15, 0.2) is 53.3 Å². The van der Waals surface area contributed by atoms with Crippen LogP contribution in [0.4, 0.5) is 5.69 Å². The molecule has 1 aromatic heterocycles. The molecular formula is C20H11ClN4O5. The Hall–Kier alpha value is -4.29. The average molecular weight is 423 g/mol. The Bertz CT molecular complexity index is 1270. The molecule has 0 atom stereocenters. The van der Waals surface area contributed by atoms with E-state index < -0.39 is 27.7 Å². The molecular weight excluding hydrogens is 412 g/mol. The fraction of sp³-hybridized carbons (Fsp3) is 0. The van der Waals surface area contributed by atoms with Gasteiger partial charge in [0.1, 0.15) is 11.6 Å². The van der Waals surface area contributed by atoms with Gasteiger partial charge in [-0.2, -0.15) is 15.0 Å². The fourth-order valence-corrected chi connectivity index (χ4v) is 2.74. The second-order valence-corrected chi connectivity index (χ2v) is 6.37. The van der Waals surface area contributed by atoms with Crippen molar-refractivity contribution in [2.45, 2.75) is 0 Å². The quantitative estimate of drug-likeness (QED) is 0.489. The van der Waals surface area contributed by atoms with E-state index in [9.17, 15) is 30.1 Å². The van der Waals surface area contributed by atoms with Gasteiger partial charge < -0.3 is 5.11 Å². The Balaban J connectivity index is 2.14. The molecule has 0 fully saturated rings. The molecule has 3 aromatic rings. The van der Waals surface area contributed by atoms with E-state index >= 15 is 0 Å². The zero-order valence-corrected chi connectivity index (χ0v) is 15.8. The van der Waals surface area contributed by atoms with Crippen LogP contribution < -0.4 is 5.56 Å². The van der Waals surface area contributed by atoms with Crippen molar-refractivity contribution in [2.75, 3.05) is 0 Å². The SMILES string of the molecule is N#Cc1c(/C=C\c2ccc([N+](=O)[O-])cc2)c(C(=O)O)nn(-c2ccc(Cl)cc2)c1=O. The molecule has 0 amide bonds. The molecule has 0 aliphatic carbocycles. The molecule has 10 heteroatoms. The molecule has 0 radical (unpaired) electrons. The smallest absolute Gasteiger partial charge is 0.357 e. The number of carboxylic acid groups (broad SMARTS) is 1. The molecule has 0 spiro atoms. The molecule has 0 saturated heterocycles. The third kappa shape index (κ3) is 4.09. The first-order valence-corrected chi connectivity index (χ1v) is 8.69. The Morgan fingerprint density at radius 3 is 2.33 bits per heavy atom. The lowest BCUT2D eigenvalue weighted by atomic mass is 10.1. The van der Waals surface area contributed by atoms with Gasteiger partial charge in [0.25, 0.3) is 11.2 Å². The van der Waals surface area contributed by atoms with E-state index in [4.69, 9.17) is 11.6 Å². The molecule has 0 aliphatic rings. The fourth-order valence-electron chi connectivity index (χ4n) is 2.61. The van der Waals surface area contributed by atoms with E-state index in [0.29, 0.717) is 10.6 Å². The number of aromatic carboxylic acids is 1. The number of nitrogens with zero attached hydrogens (tertiary/aromatic N) is 4. The van der Waals surface area contributed by atoms with Gasteiger partial charge >= 0.3 is 5.97 Å². The molecule has 0 unspecified atom stereocenters. The van der Waals surface area contributed by atoms with Gasteiger partial charge in [-0.1, -0.05) is 23.8 Å². The van der Waals surface area contributed by atoms with Crippen molar-refractivity contribution in [1.29, 1.82) is 5.26 Å². The van der Waals surface area contributed by atoms with E-state index in [1.807, 2.05) is 0 Å². The zero-order chi connectivity index (χ0) is 21.8.